The highest BCUT2D eigenvalue weighted by Crippen LogP contribution is 2.27. The van der Waals surface area contributed by atoms with Crippen molar-refractivity contribution >= 4 is 43.3 Å². The molecule has 2 aromatic heterocycles. The normalized spacial score (nSPS) is 11.9. The molecule has 0 fully saturated rings. The number of methoxy groups -OCH3 is 2. The second-order valence-electron chi connectivity index (χ2n) is 7.92. The largest absolute Gasteiger partial charge is 0.383 e. The van der Waals surface area contributed by atoms with Gasteiger partial charge in [0.25, 0.3) is 5.91 Å². The van der Waals surface area contributed by atoms with Crippen LogP contribution in [0.1, 0.15) is 16.1 Å². The number of ether oxygens (including phenoxy) is 2. The molecule has 1 amide bonds. The average Bonchev–Trinajstić information content (AvgIpc) is 3.46. The van der Waals surface area contributed by atoms with E-state index in [9.17, 15) is 13.2 Å². The van der Waals surface area contributed by atoms with Gasteiger partial charge in [0.05, 0.1) is 34.0 Å². The summed E-state index contributed by atoms with van der Waals surface area (Å²) in [6.07, 6.45) is 0. The topological polar surface area (TPSA) is 116 Å². The fourth-order valence-corrected chi connectivity index (χ4v) is 5.88. The molecule has 190 valence electrons. The SMILES string of the molecule is COCCN(CCOC)S(=O)(=O)c1ccc(C(=O)Nc2cc(C)nn2-c2nc3ccccc3s2)cc1. The number of sulfonamides is 1. The molecular formula is C24H27N5O5S2. The predicted molar refractivity (Wildman–Crippen MR) is 138 cm³/mol. The van der Waals surface area contributed by atoms with E-state index in [4.69, 9.17) is 9.47 Å². The van der Waals surface area contributed by atoms with Crippen LogP contribution in [0.3, 0.4) is 0 Å². The van der Waals surface area contributed by atoms with Gasteiger partial charge in [-0.05, 0) is 43.3 Å². The Morgan fingerprint density at radius 2 is 1.72 bits per heavy atom. The van der Waals surface area contributed by atoms with Crippen molar-refractivity contribution in [1.29, 1.82) is 0 Å². The molecule has 2 aromatic carbocycles. The highest BCUT2D eigenvalue weighted by atomic mass is 32.2. The lowest BCUT2D eigenvalue weighted by atomic mass is 10.2. The maximum Gasteiger partial charge on any atom is 0.256 e. The maximum atomic E-state index is 13.1. The number of anilines is 1. The maximum absolute atomic E-state index is 13.1. The molecule has 0 radical (unpaired) electrons. The molecule has 0 unspecified atom stereocenters. The summed E-state index contributed by atoms with van der Waals surface area (Å²) in [6.45, 7) is 2.73. The van der Waals surface area contributed by atoms with E-state index in [1.165, 1.54) is 54.1 Å². The molecule has 12 heteroatoms. The number of aryl methyl sites for hydroxylation is 1. The Balaban J connectivity index is 1.53. The van der Waals surface area contributed by atoms with E-state index in [0.717, 1.165) is 15.9 Å². The van der Waals surface area contributed by atoms with Crippen LogP contribution in [0.2, 0.25) is 0 Å². The third kappa shape index (κ3) is 5.63. The highest BCUT2D eigenvalue weighted by molar-refractivity contribution is 7.89. The minimum absolute atomic E-state index is 0.0848. The van der Waals surface area contributed by atoms with Crippen LogP contribution in [-0.2, 0) is 19.5 Å². The molecule has 0 aliphatic rings. The summed E-state index contributed by atoms with van der Waals surface area (Å²) in [5.41, 5.74) is 1.88. The van der Waals surface area contributed by atoms with Gasteiger partial charge in [-0.1, -0.05) is 23.5 Å². The van der Waals surface area contributed by atoms with Gasteiger partial charge in [0.1, 0.15) is 5.82 Å². The fourth-order valence-electron chi connectivity index (χ4n) is 3.54. The molecule has 0 aliphatic carbocycles. The number of nitrogens with zero attached hydrogens (tertiary/aromatic N) is 4. The number of amides is 1. The highest BCUT2D eigenvalue weighted by Gasteiger charge is 2.24. The van der Waals surface area contributed by atoms with Gasteiger partial charge >= 0.3 is 0 Å². The first-order chi connectivity index (χ1) is 17.3. The number of hydrogen-bond acceptors (Lipinski definition) is 8. The second kappa shape index (κ2) is 11.3. The van der Waals surface area contributed by atoms with Crippen LogP contribution in [0.5, 0.6) is 0 Å². The monoisotopic (exact) mass is 529 g/mol. The van der Waals surface area contributed by atoms with Crippen molar-refractivity contribution < 1.29 is 22.7 Å². The molecule has 36 heavy (non-hydrogen) atoms. The van der Waals surface area contributed by atoms with Crippen molar-refractivity contribution in [2.75, 3.05) is 45.8 Å². The smallest absolute Gasteiger partial charge is 0.256 e. The molecule has 0 saturated heterocycles. The lowest BCUT2D eigenvalue weighted by Gasteiger charge is -2.21. The second-order valence-corrected chi connectivity index (χ2v) is 10.9. The van der Waals surface area contributed by atoms with E-state index >= 15 is 0 Å². The fraction of sp³-hybridized carbons (Fsp3) is 0.292. The van der Waals surface area contributed by atoms with Gasteiger partial charge < -0.3 is 14.8 Å². The summed E-state index contributed by atoms with van der Waals surface area (Å²) in [5.74, 6) is 0.0791. The summed E-state index contributed by atoms with van der Waals surface area (Å²) in [6, 6.07) is 15.3. The molecular weight excluding hydrogens is 502 g/mol. The van der Waals surface area contributed by atoms with E-state index in [-0.39, 0.29) is 31.2 Å². The number of carbonyl (C=O) groups is 1. The molecule has 2 heterocycles. The summed E-state index contributed by atoms with van der Waals surface area (Å²) >= 11 is 1.47. The van der Waals surface area contributed by atoms with Gasteiger partial charge in [0.2, 0.25) is 15.2 Å². The molecule has 4 aromatic rings. The molecule has 0 saturated carbocycles. The minimum atomic E-state index is -3.78. The lowest BCUT2D eigenvalue weighted by Crippen LogP contribution is -2.36. The van der Waals surface area contributed by atoms with E-state index in [1.807, 2.05) is 31.2 Å². The summed E-state index contributed by atoms with van der Waals surface area (Å²) < 4.78 is 40.2. The zero-order valence-corrected chi connectivity index (χ0v) is 21.8. The van der Waals surface area contributed by atoms with Crippen LogP contribution in [0.4, 0.5) is 5.82 Å². The quantitative estimate of drug-likeness (QED) is 0.317. The predicted octanol–water partition coefficient (Wildman–Crippen LogP) is 3.33. The number of hydrogen-bond donors (Lipinski definition) is 1. The number of thiazole rings is 1. The van der Waals surface area contributed by atoms with Crippen molar-refractivity contribution in [3.8, 4) is 5.13 Å². The first kappa shape index (κ1) is 25.9. The van der Waals surface area contributed by atoms with E-state index < -0.39 is 15.9 Å². The number of rotatable bonds is 11. The summed E-state index contributed by atoms with van der Waals surface area (Å²) in [5, 5.41) is 7.98. The van der Waals surface area contributed by atoms with Gasteiger partial charge in [-0.2, -0.15) is 14.1 Å². The number of aromatic nitrogens is 3. The number of para-hydroxylation sites is 1. The van der Waals surface area contributed by atoms with Crippen molar-refractivity contribution in [3.63, 3.8) is 0 Å². The minimum Gasteiger partial charge on any atom is -0.383 e. The van der Waals surface area contributed by atoms with Crippen molar-refractivity contribution in [3.05, 3.63) is 65.9 Å². The average molecular weight is 530 g/mol. The van der Waals surface area contributed by atoms with Crippen LogP contribution in [0.15, 0.2) is 59.5 Å². The number of fused-ring (bicyclic) bond motifs is 1. The van der Waals surface area contributed by atoms with Crippen molar-refractivity contribution in [2.24, 2.45) is 0 Å². The Kier molecular flexibility index (Phi) is 8.11. The Hall–Kier alpha value is -3.16. The summed E-state index contributed by atoms with van der Waals surface area (Å²) in [7, 11) is -0.753. The van der Waals surface area contributed by atoms with Crippen LogP contribution >= 0.6 is 11.3 Å². The number of carbonyl (C=O) groups excluding carboxylic acids is 1. The molecule has 0 aliphatic heterocycles. The van der Waals surface area contributed by atoms with E-state index in [1.54, 1.807) is 10.7 Å². The lowest BCUT2D eigenvalue weighted by molar-refractivity contribution is 0.102. The third-order valence-corrected chi connectivity index (χ3v) is 8.31. The van der Waals surface area contributed by atoms with E-state index in [0.29, 0.717) is 16.5 Å². The Morgan fingerprint density at radius 1 is 1.06 bits per heavy atom. The van der Waals surface area contributed by atoms with E-state index in [2.05, 4.69) is 15.4 Å². The van der Waals surface area contributed by atoms with Gasteiger partial charge in [-0.25, -0.2) is 13.4 Å². The van der Waals surface area contributed by atoms with Crippen LogP contribution in [-0.4, -0.2) is 73.9 Å². The van der Waals surface area contributed by atoms with Crippen LogP contribution < -0.4 is 5.32 Å². The third-order valence-electron chi connectivity index (χ3n) is 5.38. The Morgan fingerprint density at radius 3 is 2.36 bits per heavy atom. The van der Waals surface area contributed by atoms with Gasteiger partial charge in [0.15, 0.2) is 0 Å². The molecule has 0 bridgehead atoms. The molecule has 4 rings (SSSR count). The Bertz CT molecular complexity index is 1410. The van der Waals surface area contributed by atoms with Gasteiger partial charge in [0, 0.05) is 38.9 Å². The number of benzene rings is 2. The zero-order chi connectivity index (χ0) is 25.7. The molecule has 1 N–H and O–H groups in total. The first-order valence-corrected chi connectivity index (χ1v) is 13.4. The standard InChI is InChI=1S/C24H27N5O5S2/c1-17-16-22(29(27-17)24-25-20-6-4-5-7-21(20)35-24)26-23(30)18-8-10-19(11-9-18)36(31,32)28(12-14-33-2)13-15-34-3/h4-11,16H,12-15H2,1-3H3,(H,26,30). The summed E-state index contributed by atoms with van der Waals surface area (Å²) in [4.78, 5) is 17.7. The molecule has 10 nitrogen and oxygen atoms in total. The molecule has 0 atom stereocenters. The van der Waals surface area contributed by atoms with Gasteiger partial charge in [-0.3, -0.25) is 4.79 Å². The molecule has 0 spiro atoms. The van der Waals surface area contributed by atoms with Gasteiger partial charge in [-0.15, -0.1) is 0 Å². The first-order valence-electron chi connectivity index (χ1n) is 11.2. The van der Waals surface area contributed by atoms with Crippen molar-refractivity contribution in [2.45, 2.75) is 11.8 Å². The zero-order valence-electron chi connectivity index (χ0n) is 20.2. The Labute approximate surface area is 213 Å². The number of nitrogens with one attached hydrogen (secondary N) is 1. The van der Waals surface area contributed by atoms with Crippen molar-refractivity contribution in [1.82, 2.24) is 19.1 Å². The van der Waals surface area contributed by atoms with Crippen LogP contribution in [0, 0.1) is 6.92 Å². The van der Waals surface area contributed by atoms with Crippen LogP contribution in [0.25, 0.3) is 15.3 Å².